The monoisotopic (exact) mass is 349 g/mol. The number of ether oxygens (including phenoxy) is 2. The first-order valence-electron chi connectivity index (χ1n) is 6.92. The lowest BCUT2D eigenvalue weighted by molar-refractivity contribution is 0.0697. The Kier molecular flexibility index (Phi) is 4.18. The molecule has 0 saturated carbocycles. The van der Waals surface area contributed by atoms with E-state index in [-0.39, 0.29) is 27.6 Å². The molecule has 3 rings (SSSR count). The van der Waals surface area contributed by atoms with Crippen LogP contribution in [-0.2, 0) is 0 Å². The largest absolute Gasteiger partial charge is 0.508 e. The molecule has 0 bridgehead atoms. The molecule has 1 heterocycles. The van der Waals surface area contributed by atoms with Crippen molar-refractivity contribution in [2.45, 2.75) is 0 Å². The first kappa shape index (κ1) is 15.9. The van der Waals surface area contributed by atoms with E-state index in [9.17, 15) is 14.7 Å². The van der Waals surface area contributed by atoms with Crippen LogP contribution in [0.25, 0.3) is 0 Å². The summed E-state index contributed by atoms with van der Waals surface area (Å²) >= 11 is 6.10. The van der Waals surface area contributed by atoms with Gasteiger partial charge in [0.2, 0.25) is 0 Å². The van der Waals surface area contributed by atoms with E-state index in [2.05, 4.69) is 5.32 Å². The zero-order valence-electron chi connectivity index (χ0n) is 12.2. The quantitative estimate of drug-likeness (QED) is 0.736. The van der Waals surface area contributed by atoms with Crippen LogP contribution >= 0.6 is 11.6 Å². The average Bonchev–Trinajstić information content (AvgIpc) is 2.55. The van der Waals surface area contributed by atoms with E-state index >= 15 is 0 Å². The number of halogens is 1. The molecule has 1 aliphatic heterocycles. The van der Waals surface area contributed by atoms with Gasteiger partial charge in [-0.1, -0.05) is 11.6 Å². The highest BCUT2D eigenvalue weighted by Gasteiger charge is 2.20. The molecule has 0 saturated heterocycles. The Bertz CT molecular complexity index is 836. The minimum atomic E-state index is -1.28. The lowest BCUT2D eigenvalue weighted by Gasteiger charge is -2.19. The Balaban J connectivity index is 1.92. The molecule has 0 unspecified atom stereocenters. The minimum Gasteiger partial charge on any atom is -0.508 e. The van der Waals surface area contributed by atoms with Crippen LogP contribution in [0.15, 0.2) is 30.3 Å². The molecule has 7 nitrogen and oxygen atoms in total. The number of nitrogens with one attached hydrogen (secondary N) is 1. The van der Waals surface area contributed by atoms with Crippen molar-refractivity contribution in [3.8, 4) is 17.2 Å². The van der Waals surface area contributed by atoms with Gasteiger partial charge in [0, 0.05) is 6.07 Å². The summed E-state index contributed by atoms with van der Waals surface area (Å²) < 4.78 is 10.8. The Labute approximate surface area is 141 Å². The topological polar surface area (TPSA) is 105 Å². The van der Waals surface area contributed by atoms with Gasteiger partial charge in [-0.25, -0.2) is 4.79 Å². The third kappa shape index (κ3) is 3.07. The van der Waals surface area contributed by atoms with Crippen molar-refractivity contribution < 1.29 is 29.3 Å². The summed E-state index contributed by atoms with van der Waals surface area (Å²) in [5, 5.41) is 21.2. The second-order valence-corrected chi connectivity index (χ2v) is 5.37. The summed E-state index contributed by atoms with van der Waals surface area (Å²) in [5.74, 6) is -1.28. The maximum atomic E-state index is 12.4. The molecule has 0 radical (unpaired) electrons. The van der Waals surface area contributed by atoms with Gasteiger partial charge in [0.1, 0.15) is 19.0 Å². The summed E-state index contributed by atoms with van der Waals surface area (Å²) in [6.45, 7) is 0.751. The summed E-state index contributed by atoms with van der Waals surface area (Å²) in [7, 11) is 0. The van der Waals surface area contributed by atoms with Crippen molar-refractivity contribution in [3.05, 3.63) is 46.5 Å². The Hall–Kier alpha value is -2.93. The fourth-order valence-corrected chi connectivity index (χ4v) is 2.49. The Morgan fingerprint density at radius 3 is 2.38 bits per heavy atom. The van der Waals surface area contributed by atoms with Crippen molar-refractivity contribution >= 4 is 29.2 Å². The van der Waals surface area contributed by atoms with E-state index in [0.717, 1.165) is 6.07 Å². The summed E-state index contributed by atoms with van der Waals surface area (Å²) in [6, 6.07) is 6.52. The molecule has 24 heavy (non-hydrogen) atoms. The number of carboxylic acid groups (broad SMARTS) is 1. The molecule has 124 valence electrons. The zero-order valence-corrected chi connectivity index (χ0v) is 13.0. The molecule has 0 fully saturated rings. The van der Waals surface area contributed by atoms with Crippen LogP contribution in [0.3, 0.4) is 0 Å². The number of aromatic hydroxyl groups is 1. The highest BCUT2D eigenvalue weighted by atomic mass is 35.5. The fraction of sp³-hybridized carbons (Fsp3) is 0.125. The minimum absolute atomic E-state index is 0.0382. The van der Waals surface area contributed by atoms with Crippen LogP contribution in [0.1, 0.15) is 20.7 Å². The van der Waals surface area contributed by atoms with E-state index < -0.39 is 11.9 Å². The predicted octanol–water partition coefficient (Wildman–Crippen LogP) is 2.77. The van der Waals surface area contributed by atoms with Crippen molar-refractivity contribution in [1.82, 2.24) is 0 Å². The predicted molar refractivity (Wildman–Crippen MR) is 85.5 cm³/mol. The smallest absolute Gasteiger partial charge is 0.337 e. The van der Waals surface area contributed by atoms with E-state index in [4.69, 9.17) is 26.2 Å². The number of phenolic OH excluding ortho intramolecular Hbond substituents is 1. The number of hydrogen-bond donors (Lipinski definition) is 3. The zero-order chi connectivity index (χ0) is 17.3. The lowest BCUT2D eigenvalue weighted by Crippen LogP contribution is -2.18. The molecule has 0 atom stereocenters. The van der Waals surface area contributed by atoms with Gasteiger partial charge < -0.3 is 25.0 Å². The SMILES string of the molecule is O=C(Nc1ccc(O)cc1C(=O)O)c1cc2c(cc1Cl)OCCO2. The number of carbonyl (C=O) groups is 2. The number of anilines is 1. The van der Waals surface area contributed by atoms with Crippen molar-refractivity contribution in [3.63, 3.8) is 0 Å². The molecule has 2 aromatic carbocycles. The van der Waals surface area contributed by atoms with Crippen LogP contribution in [0.4, 0.5) is 5.69 Å². The molecule has 0 spiro atoms. The van der Waals surface area contributed by atoms with Crippen LogP contribution in [0.5, 0.6) is 17.2 Å². The summed E-state index contributed by atoms with van der Waals surface area (Å²) in [5.41, 5.74) is -0.0846. The van der Waals surface area contributed by atoms with Gasteiger partial charge in [-0.05, 0) is 24.3 Å². The van der Waals surface area contributed by atoms with Crippen LogP contribution in [0, 0.1) is 0 Å². The number of rotatable bonds is 3. The fourth-order valence-electron chi connectivity index (χ4n) is 2.25. The molecular weight excluding hydrogens is 338 g/mol. The van der Waals surface area contributed by atoms with E-state index in [1.807, 2.05) is 0 Å². The van der Waals surface area contributed by atoms with Crippen LogP contribution in [-0.4, -0.2) is 35.3 Å². The van der Waals surface area contributed by atoms with Gasteiger partial charge in [-0.15, -0.1) is 0 Å². The maximum absolute atomic E-state index is 12.4. The number of benzene rings is 2. The van der Waals surface area contributed by atoms with Crippen LogP contribution in [0.2, 0.25) is 5.02 Å². The van der Waals surface area contributed by atoms with Crippen molar-refractivity contribution in [2.24, 2.45) is 0 Å². The third-order valence-corrected chi connectivity index (χ3v) is 3.67. The molecule has 3 N–H and O–H groups in total. The first-order chi connectivity index (χ1) is 11.5. The molecule has 8 heteroatoms. The molecule has 0 aromatic heterocycles. The van der Waals surface area contributed by atoms with Crippen LogP contribution < -0.4 is 14.8 Å². The van der Waals surface area contributed by atoms with E-state index in [1.165, 1.54) is 24.3 Å². The highest BCUT2D eigenvalue weighted by molar-refractivity contribution is 6.34. The lowest BCUT2D eigenvalue weighted by atomic mass is 10.1. The maximum Gasteiger partial charge on any atom is 0.337 e. The van der Waals surface area contributed by atoms with Crippen molar-refractivity contribution in [1.29, 1.82) is 0 Å². The molecule has 2 aromatic rings. The highest BCUT2D eigenvalue weighted by Crippen LogP contribution is 2.35. The van der Waals surface area contributed by atoms with Gasteiger partial charge in [0.25, 0.3) is 5.91 Å². The number of phenols is 1. The first-order valence-corrected chi connectivity index (χ1v) is 7.30. The van der Waals surface area contributed by atoms with E-state index in [0.29, 0.717) is 24.7 Å². The average molecular weight is 350 g/mol. The normalized spacial score (nSPS) is 12.5. The molecule has 0 aliphatic carbocycles. The second kappa shape index (κ2) is 6.29. The third-order valence-electron chi connectivity index (χ3n) is 3.36. The number of hydrogen-bond acceptors (Lipinski definition) is 5. The van der Waals surface area contributed by atoms with Crippen molar-refractivity contribution in [2.75, 3.05) is 18.5 Å². The van der Waals surface area contributed by atoms with Gasteiger partial charge in [0.15, 0.2) is 11.5 Å². The summed E-state index contributed by atoms with van der Waals surface area (Å²) in [4.78, 5) is 23.7. The Morgan fingerprint density at radius 1 is 1.04 bits per heavy atom. The number of carbonyl (C=O) groups excluding carboxylic acids is 1. The second-order valence-electron chi connectivity index (χ2n) is 4.96. The Morgan fingerprint density at radius 2 is 1.71 bits per heavy atom. The molecule has 1 amide bonds. The molecular formula is C16H12ClNO6. The van der Waals surface area contributed by atoms with Gasteiger partial charge in [-0.2, -0.15) is 0 Å². The number of carboxylic acids is 1. The number of amides is 1. The van der Waals surface area contributed by atoms with Gasteiger partial charge in [-0.3, -0.25) is 4.79 Å². The van der Waals surface area contributed by atoms with Gasteiger partial charge in [0.05, 0.1) is 21.8 Å². The standard InChI is InChI=1S/C16H12ClNO6/c17-11-7-14-13(23-3-4-24-14)6-9(11)15(20)18-12-2-1-8(19)5-10(12)16(21)22/h1-2,5-7,19H,3-4H2,(H,18,20)(H,21,22). The summed E-state index contributed by atoms with van der Waals surface area (Å²) in [6.07, 6.45) is 0. The number of aromatic carboxylic acids is 1. The molecule has 1 aliphatic rings. The van der Waals surface area contributed by atoms with Gasteiger partial charge >= 0.3 is 5.97 Å². The number of fused-ring (bicyclic) bond motifs is 1. The van der Waals surface area contributed by atoms with E-state index in [1.54, 1.807) is 0 Å².